The summed E-state index contributed by atoms with van der Waals surface area (Å²) in [6.45, 7) is 7.76. The van der Waals surface area contributed by atoms with Crippen LogP contribution in [0.2, 0.25) is 0 Å². The predicted octanol–water partition coefficient (Wildman–Crippen LogP) is 1.49. The van der Waals surface area contributed by atoms with Gasteiger partial charge in [0, 0.05) is 19.3 Å². The molecule has 1 fully saturated rings. The zero-order chi connectivity index (χ0) is 12.4. The molecule has 2 atom stereocenters. The highest BCUT2D eigenvalue weighted by Gasteiger charge is 2.20. The Hall–Kier alpha value is -0.870. The molecule has 4 nitrogen and oxygen atoms in total. The van der Waals surface area contributed by atoms with Crippen LogP contribution < -0.4 is 5.73 Å². The third kappa shape index (κ3) is 3.07. The Labute approximate surface area is 104 Å². The molecular weight excluding hydrogens is 212 g/mol. The van der Waals surface area contributed by atoms with E-state index in [1.54, 1.807) is 0 Å². The topological polar surface area (TPSA) is 47.1 Å². The second-order valence-electron chi connectivity index (χ2n) is 5.68. The fourth-order valence-corrected chi connectivity index (χ4v) is 2.46. The molecule has 17 heavy (non-hydrogen) atoms. The minimum absolute atomic E-state index is 0.0579. The lowest BCUT2D eigenvalue weighted by molar-refractivity contribution is 0.378. The Morgan fingerprint density at radius 3 is 2.88 bits per heavy atom. The Kier molecular flexibility index (Phi) is 3.84. The lowest BCUT2D eigenvalue weighted by Gasteiger charge is -2.13. The first kappa shape index (κ1) is 12.6. The number of rotatable bonds is 4. The maximum atomic E-state index is 6.10. The third-order valence-electron chi connectivity index (χ3n) is 3.67. The highest BCUT2D eigenvalue weighted by Crippen LogP contribution is 2.19. The summed E-state index contributed by atoms with van der Waals surface area (Å²) in [5, 5.41) is 0. The fraction of sp³-hybridized carbons (Fsp3) is 0.769. The smallest absolute Gasteiger partial charge is 0.0950 e. The van der Waals surface area contributed by atoms with Gasteiger partial charge >= 0.3 is 0 Å². The quantitative estimate of drug-likeness (QED) is 0.861. The van der Waals surface area contributed by atoms with Crippen molar-refractivity contribution in [2.75, 3.05) is 20.1 Å². The van der Waals surface area contributed by atoms with Crippen LogP contribution in [0.15, 0.2) is 12.5 Å². The van der Waals surface area contributed by atoms with Crippen molar-refractivity contribution < 1.29 is 0 Å². The molecule has 0 amide bonds. The van der Waals surface area contributed by atoms with Crippen molar-refractivity contribution in [3.8, 4) is 0 Å². The molecule has 0 aliphatic carbocycles. The van der Waals surface area contributed by atoms with Gasteiger partial charge < -0.3 is 15.2 Å². The van der Waals surface area contributed by atoms with E-state index in [1.807, 2.05) is 6.33 Å². The number of aromatic nitrogens is 2. The number of nitrogens with two attached hydrogens (primary N) is 1. The monoisotopic (exact) mass is 236 g/mol. The largest absolute Gasteiger partial charge is 0.337 e. The van der Waals surface area contributed by atoms with E-state index in [0.29, 0.717) is 5.92 Å². The van der Waals surface area contributed by atoms with Gasteiger partial charge in [-0.3, -0.25) is 0 Å². The van der Waals surface area contributed by atoms with Crippen LogP contribution >= 0.6 is 0 Å². The van der Waals surface area contributed by atoms with E-state index in [1.165, 1.54) is 19.5 Å². The van der Waals surface area contributed by atoms with Gasteiger partial charge in [-0.25, -0.2) is 4.98 Å². The zero-order valence-corrected chi connectivity index (χ0v) is 11.1. The van der Waals surface area contributed by atoms with Crippen LogP contribution in [-0.4, -0.2) is 34.6 Å². The second-order valence-corrected chi connectivity index (χ2v) is 5.68. The van der Waals surface area contributed by atoms with Gasteiger partial charge in [-0.1, -0.05) is 13.8 Å². The number of imidazole rings is 1. The summed E-state index contributed by atoms with van der Waals surface area (Å²) in [6, 6.07) is 0.0579. The standard InChI is InChI=1S/C13H24N4/c1-10(2)13(14)12-8-17(9-15-12)7-11-4-5-16(3)6-11/h8-11,13H,4-7,14H2,1-3H3/t11-,13?/m0/s1. The van der Waals surface area contributed by atoms with Crippen LogP contribution in [0.25, 0.3) is 0 Å². The molecule has 2 rings (SSSR count). The number of likely N-dealkylation sites (tertiary alicyclic amines) is 1. The van der Waals surface area contributed by atoms with E-state index in [9.17, 15) is 0 Å². The molecule has 0 saturated carbocycles. The van der Waals surface area contributed by atoms with Gasteiger partial charge in [0.25, 0.3) is 0 Å². The Morgan fingerprint density at radius 1 is 1.53 bits per heavy atom. The summed E-state index contributed by atoms with van der Waals surface area (Å²) in [6.07, 6.45) is 5.33. The van der Waals surface area contributed by atoms with E-state index in [2.05, 4.69) is 41.5 Å². The molecular formula is C13H24N4. The van der Waals surface area contributed by atoms with E-state index in [-0.39, 0.29) is 6.04 Å². The molecule has 1 aliphatic heterocycles. The van der Waals surface area contributed by atoms with Gasteiger partial charge in [-0.2, -0.15) is 0 Å². The van der Waals surface area contributed by atoms with Gasteiger partial charge in [0.05, 0.1) is 18.1 Å². The van der Waals surface area contributed by atoms with Crippen molar-refractivity contribution >= 4 is 0 Å². The number of hydrogen-bond donors (Lipinski definition) is 1. The van der Waals surface area contributed by atoms with Gasteiger partial charge in [-0.05, 0) is 31.8 Å². The average molecular weight is 236 g/mol. The summed E-state index contributed by atoms with van der Waals surface area (Å²) in [7, 11) is 2.19. The molecule has 2 heterocycles. The SMILES string of the molecule is CC(C)C(N)c1cn(C[C@H]2CCN(C)C2)cn1. The van der Waals surface area contributed by atoms with Gasteiger partial charge in [0.2, 0.25) is 0 Å². The predicted molar refractivity (Wildman–Crippen MR) is 69.6 cm³/mol. The maximum absolute atomic E-state index is 6.10. The summed E-state index contributed by atoms with van der Waals surface area (Å²) < 4.78 is 2.20. The van der Waals surface area contributed by atoms with Crippen molar-refractivity contribution in [1.82, 2.24) is 14.5 Å². The minimum Gasteiger partial charge on any atom is -0.337 e. The third-order valence-corrected chi connectivity index (χ3v) is 3.67. The van der Waals surface area contributed by atoms with Crippen molar-refractivity contribution in [2.24, 2.45) is 17.6 Å². The van der Waals surface area contributed by atoms with Gasteiger partial charge in [0.15, 0.2) is 0 Å². The summed E-state index contributed by atoms with van der Waals surface area (Å²) in [4.78, 5) is 6.81. The highest BCUT2D eigenvalue weighted by molar-refractivity contribution is 5.04. The lowest BCUT2D eigenvalue weighted by Crippen LogP contribution is -2.17. The average Bonchev–Trinajstić information content (AvgIpc) is 2.87. The van der Waals surface area contributed by atoms with Crippen LogP contribution in [0.5, 0.6) is 0 Å². The van der Waals surface area contributed by atoms with Crippen LogP contribution in [0.3, 0.4) is 0 Å². The van der Waals surface area contributed by atoms with Gasteiger partial charge in [-0.15, -0.1) is 0 Å². The van der Waals surface area contributed by atoms with Crippen molar-refractivity contribution in [3.63, 3.8) is 0 Å². The minimum atomic E-state index is 0.0579. The highest BCUT2D eigenvalue weighted by atomic mass is 15.1. The maximum Gasteiger partial charge on any atom is 0.0950 e. The molecule has 0 spiro atoms. The lowest BCUT2D eigenvalue weighted by atomic mass is 10.0. The molecule has 1 aliphatic rings. The molecule has 1 aromatic heterocycles. The summed E-state index contributed by atoms with van der Waals surface area (Å²) in [5.41, 5.74) is 7.12. The van der Waals surface area contributed by atoms with Crippen molar-refractivity contribution in [2.45, 2.75) is 32.9 Å². The Balaban J connectivity index is 1.94. The van der Waals surface area contributed by atoms with Crippen LogP contribution in [0.1, 0.15) is 32.0 Å². The summed E-state index contributed by atoms with van der Waals surface area (Å²) in [5.74, 6) is 1.20. The second kappa shape index (κ2) is 5.19. The van der Waals surface area contributed by atoms with E-state index in [0.717, 1.165) is 18.2 Å². The molecule has 0 aromatic carbocycles. The Bertz CT molecular complexity index is 358. The Morgan fingerprint density at radius 2 is 2.29 bits per heavy atom. The first-order valence-electron chi connectivity index (χ1n) is 6.52. The summed E-state index contributed by atoms with van der Waals surface area (Å²) >= 11 is 0. The molecule has 4 heteroatoms. The number of nitrogens with zero attached hydrogens (tertiary/aromatic N) is 3. The molecule has 1 unspecified atom stereocenters. The number of hydrogen-bond acceptors (Lipinski definition) is 3. The fourth-order valence-electron chi connectivity index (χ4n) is 2.46. The molecule has 2 N–H and O–H groups in total. The molecule has 0 radical (unpaired) electrons. The normalized spacial score (nSPS) is 23.5. The van der Waals surface area contributed by atoms with Crippen LogP contribution in [0, 0.1) is 11.8 Å². The van der Waals surface area contributed by atoms with E-state index < -0.39 is 0 Å². The molecule has 1 saturated heterocycles. The first-order chi connectivity index (χ1) is 8.06. The van der Waals surface area contributed by atoms with E-state index >= 15 is 0 Å². The first-order valence-corrected chi connectivity index (χ1v) is 6.52. The van der Waals surface area contributed by atoms with E-state index in [4.69, 9.17) is 5.73 Å². The molecule has 1 aromatic rings. The van der Waals surface area contributed by atoms with Crippen LogP contribution in [-0.2, 0) is 6.54 Å². The molecule has 96 valence electrons. The van der Waals surface area contributed by atoms with Crippen molar-refractivity contribution in [1.29, 1.82) is 0 Å². The van der Waals surface area contributed by atoms with Crippen LogP contribution in [0.4, 0.5) is 0 Å². The van der Waals surface area contributed by atoms with Crippen molar-refractivity contribution in [3.05, 3.63) is 18.2 Å². The van der Waals surface area contributed by atoms with Gasteiger partial charge in [0.1, 0.15) is 0 Å². The molecule has 0 bridgehead atoms. The zero-order valence-electron chi connectivity index (χ0n) is 11.1.